The molecule has 0 fully saturated rings. The number of nitrogens with zero attached hydrogens (tertiary/aromatic N) is 2. The van der Waals surface area contributed by atoms with E-state index in [1.165, 1.54) is 13.8 Å². The molecule has 0 unspecified atom stereocenters. The molecule has 0 aliphatic heterocycles. The van der Waals surface area contributed by atoms with Gasteiger partial charge in [0.15, 0.2) is 0 Å². The number of alkyl halides is 7. The van der Waals surface area contributed by atoms with Crippen LogP contribution in [0.15, 0.2) is 6.07 Å². The van der Waals surface area contributed by atoms with Crippen molar-refractivity contribution in [3.05, 3.63) is 23.3 Å². The standard InChI is InChI=1S/C9H7ClF6N2/c1-4-3-6(18-5(2)17-4)7(11,12)8(13,14)9(10,15)16/h3H,1-2H3. The summed E-state index contributed by atoms with van der Waals surface area (Å²) in [6, 6.07) is 0.504. The predicted octanol–water partition coefficient (Wildman–Crippen LogP) is 3.65. The fraction of sp³-hybridized carbons (Fsp3) is 0.556. The molecular weight excluding hydrogens is 286 g/mol. The first-order chi connectivity index (χ1) is 7.89. The van der Waals surface area contributed by atoms with Crippen molar-refractivity contribution in [2.24, 2.45) is 0 Å². The fourth-order valence-corrected chi connectivity index (χ4v) is 1.34. The van der Waals surface area contributed by atoms with Crippen LogP contribution in [0, 0.1) is 13.8 Å². The summed E-state index contributed by atoms with van der Waals surface area (Å²) < 4.78 is 77.4. The van der Waals surface area contributed by atoms with E-state index in [2.05, 4.69) is 21.6 Å². The summed E-state index contributed by atoms with van der Waals surface area (Å²) in [5.41, 5.74) is -1.55. The minimum Gasteiger partial charge on any atom is -0.239 e. The lowest BCUT2D eigenvalue weighted by atomic mass is 10.1. The molecule has 0 spiro atoms. The maximum absolute atomic E-state index is 13.4. The largest absolute Gasteiger partial charge is 0.392 e. The van der Waals surface area contributed by atoms with Gasteiger partial charge in [-0.15, -0.1) is 0 Å². The molecule has 0 aliphatic carbocycles. The Morgan fingerprint density at radius 1 is 1.00 bits per heavy atom. The monoisotopic (exact) mass is 292 g/mol. The molecule has 0 radical (unpaired) electrons. The van der Waals surface area contributed by atoms with E-state index < -0.39 is 22.9 Å². The van der Waals surface area contributed by atoms with E-state index in [1.54, 1.807) is 0 Å². The van der Waals surface area contributed by atoms with Gasteiger partial charge in [0, 0.05) is 5.69 Å². The normalized spacial score (nSPS) is 13.8. The molecule has 1 aromatic rings. The van der Waals surface area contributed by atoms with Gasteiger partial charge in [-0.3, -0.25) is 0 Å². The molecule has 9 heteroatoms. The van der Waals surface area contributed by atoms with Crippen LogP contribution in [0.3, 0.4) is 0 Å². The lowest BCUT2D eigenvalue weighted by Crippen LogP contribution is -2.49. The highest BCUT2D eigenvalue weighted by molar-refractivity contribution is 6.22. The van der Waals surface area contributed by atoms with Crippen molar-refractivity contribution < 1.29 is 26.3 Å². The SMILES string of the molecule is Cc1cc(C(F)(F)C(F)(F)C(F)(F)Cl)nc(C)n1. The Morgan fingerprint density at radius 3 is 1.89 bits per heavy atom. The van der Waals surface area contributed by atoms with Crippen molar-refractivity contribution >= 4 is 11.6 Å². The molecule has 0 aromatic carbocycles. The Labute approximate surface area is 103 Å². The van der Waals surface area contributed by atoms with E-state index in [0.29, 0.717) is 6.07 Å². The first-order valence-electron chi connectivity index (χ1n) is 4.54. The smallest absolute Gasteiger partial charge is 0.239 e. The van der Waals surface area contributed by atoms with E-state index in [-0.39, 0.29) is 11.5 Å². The molecule has 0 amide bonds. The number of hydrogen-bond acceptors (Lipinski definition) is 2. The molecule has 2 nitrogen and oxygen atoms in total. The van der Waals surface area contributed by atoms with Crippen LogP contribution in [-0.4, -0.2) is 21.3 Å². The predicted molar refractivity (Wildman–Crippen MR) is 51.1 cm³/mol. The lowest BCUT2D eigenvalue weighted by Gasteiger charge is -2.28. The van der Waals surface area contributed by atoms with Gasteiger partial charge in [-0.2, -0.15) is 26.3 Å². The zero-order valence-corrected chi connectivity index (χ0v) is 9.87. The molecule has 18 heavy (non-hydrogen) atoms. The van der Waals surface area contributed by atoms with E-state index in [0.717, 1.165) is 0 Å². The Balaban J connectivity index is 3.37. The van der Waals surface area contributed by atoms with Crippen LogP contribution < -0.4 is 0 Å². The summed E-state index contributed by atoms with van der Waals surface area (Å²) in [5.74, 6) is -11.2. The van der Waals surface area contributed by atoms with Gasteiger partial charge in [-0.25, -0.2) is 9.97 Å². The number of rotatable bonds is 3. The molecule has 0 aliphatic rings. The van der Waals surface area contributed by atoms with E-state index in [1.807, 2.05) is 0 Å². The van der Waals surface area contributed by atoms with Gasteiger partial charge in [-0.1, -0.05) is 0 Å². The minimum atomic E-state index is -5.77. The molecule has 0 saturated carbocycles. The van der Waals surface area contributed by atoms with Crippen LogP contribution in [0.1, 0.15) is 17.2 Å². The molecule has 0 saturated heterocycles. The van der Waals surface area contributed by atoms with Crippen LogP contribution >= 0.6 is 11.6 Å². The number of halogens is 7. The topological polar surface area (TPSA) is 25.8 Å². The van der Waals surface area contributed by atoms with Crippen molar-refractivity contribution in [2.45, 2.75) is 31.1 Å². The Morgan fingerprint density at radius 2 is 1.50 bits per heavy atom. The second-order valence-electron chi connectivity index (χ2n) is 3.59. The zero-order chi connectivity index (χ0) is 14.4. The van der Waals surface area contributed by atoms with Gasteiger partial charge in [0.25, 0.3) is 0 Å². The maximum atomic E-state index is 13.4. The molecule has 102 valence electrons. The molecule has 0 atom stereocenters. The van der Waals surface area contributed by atoms with Crippen molar-refractivity contribution in [3.8, 4) is 0 Å². The molecular formula is C9H7ClF6N2. The van der Waals surface area contributed by atoms with Crippen LogP contribution in [0.5, 0.6) is 0 Å². The Hall–Kier alpha value is -1.05. The summed E-state index contributed by atoms with van der Waals surface area (Å²) in [4.78, 5) is 6.63. The third-order valence-electron chi connectivity index (χ3n) is 2.04. The molecule has 0 bridgehead atoms. The maximum Gasteiger partial charge on any atom is 0.392 e. The third kappa shape index (κ3) is 2.38. The highest BCUT2D eigenvalue weighted by atomic mass is 35.5. The van der Waals surface area contributed by atoms with Crippen molar-refractivity contribution in [3.63, 3.8) is 0 Å². The second kappa shape index (κ2) is 4.25. The van der Waals surface area contributed by atoms with Crippen LogP contribution in [0.25, 0.3) is 0 Å². The second-order valence-corrected chi connectivity index (χ2v) is 4.06. The zero-order valence-electron chi connectivity index (χ0n) is 9.12. The highest BCUT2D eigenvalue weighted by Crippen LogP contribution is 2.52. The summed E-state index contributed by atoms with van der Waals surface area (Å²) in [5, 5.41) is -5.40. The van der Waals surface area contributed by atoms with Gasteiger partial charge in [0.05, 0.1) is 0 Å². The quantitative estimate of drug-likeness (QED) is 0.628. The molecule has 1 rings (SSSR count). The van der Waals surface area contributed by atoms with E-state index in [4.69, 9.17) is 0 Å². The summed E-state index contributed by atoms with van der Waals surface area (Å²) in [7, 11) is 0. The average molecular weight is 293 g/mol. The highest BCUT2D eigenvalue weighted by Gasteiger charge is 2.72. The van der Waals surface area contributed by atoms with Crippen LogP contribution in [-0.2, 0) is 5.92 Å². The van der Waals surface area contributed by atoms with Crippen LogP contribution in [0.4, 0.5) is 26.3 Å². The minimum absolute atomic E-state index is 0.0501. The van der Waals surface area contributed by atoms with Crippen LogP contribution in [0.2, 0.25) is 0 Å². The molecule has 1 aromatic heterocycles. The molecule has 1 heterocycles. The van der Waals surface area contributed by atoms with Gasteiger partial charge in [0.1, 0.15) is 11.5 Å². The summed E-state index contributed by atoms with van der Waals surface area (Å²) in [6.07, 6.45) is 0. The average Bonchev–Trinajstić information content (AvgIpc) is 2.13. The number of aromatic nitrogens is 2. The fourth-order valence-electron chi connectivity index (χ4n) is 1.22. The van der Waals surface area contributed by atoms with Gasteiger partial charge in [-0.05, 0) is 31.5 Å². The number of hydrogen-bond donors (Lipinski definition) is 0. The van der Waals surface area contributed by atoms with Gasteiger partial charge in [0.2, 0.25) is 0 Å². The van der Waals surface area contributed by atoms with Gasteiger partial charge < -0.3 is 0 Å². The Bertz CT molecular complexity index is 437. The number of aryl methyl sites for hydroxylation is 2. The lowest BCUT2D eigenvalue weighted by molar-refractivity contribution is -0.287. The van der Waals surface area contributed by atoms with E-state index >= 15 is 0 Å². The van der Waals surface area contributed by atoms with Crippen molar-refractivity contribution in [1.82, 2.24) is 9.97 Å². The van der Waals surface area contributed by atoms with E-state index in [9.17, 15) is 26.3 Å². The third-order valence-corrected chi connectivity index (χ3v) is 2.28. The first-order valence-corrected chi connectivity index (χ1v) is 4.92. The van der Waals surface area contributed by atoms with Crippen molar-refractivity contribution in [1.29, 1.82) is 0 Å². The Kier molecular flexibility index (Phi) is 3.55. The van der Waals surface area contributed by atoms with Crippen molar-refractivity contribution in [2.75, 3.05) is 0 Å². The molecule has 0 N–H and O–H groups in total. The summed E-state index contributed by atoms with van der Waals surface area (Å²) in [6.45, 7) is 2.41. The first kappa shape index (κ1) is 15.0. The van der Waals surface area contributed by atoms with Gasteiger partial charge >= 0.3 is 17.2 Å². The summed E-state index contributed by atoms with van der Waals surface area (Å²) >= 11 is 4.03.